The summed E-state index contributed by atoms with van der Waals surface area (Å²) in [5.41, 5.74) is 2.46. The zero-order valence-electron chi connectivity index (χ0n) is 12.6. The Hall–Kier alpha value is -2.66. The first-order chi connectivity index (χ1) is 11.6. The van der Waals surface area contributed by atoms with Crippen LogP contribution >= 0.6 is 15.9 Å². The molecule has 2 N–H and O–H groups in total. The molecule has 24 heavy (non-hydrogen) atoms. The number of amides is 1. The van der Waals surface area contributed by atoms with E-state index >= 15 is 0 Å². The third kappa shape index (κ3) is 4.00. The molecule has 3 rings (SSSR count). The van der Waals surface area contributed by atoms with Gasteiger partial charge in [-0.05, 0) is 54.6 Å². The molecule has 0 bridgehead atoms. The summed E-state index contributed by atoms with van der Waals surface area (Å²) in [6.45, 7) is 0. The Labute approximate surface area is 147 Å². The molecule has 1 amide bonds. The maximum atomic E-state index is 13.7. The van der Waals surface area contributed by atoms with Gasteiger partial charge in [0.25, 0.3) is 5.91 Å². The van der Waals surface area contributed by atoms with Gasteiger partial charge in [-0.25, -0.2) is 4.39 Å². The van der Waals surface area contributed by atoms with Crippen LogP contribution in [-0.2, 0) is 0 Å². The number of para-hydroxylation sites is 1. The van der Waals surface area contributed by atoms with Crippen molar-refractivity contribution in [1.29, 1.82) is 0 Å². The Bertz CT molecular complexity index is 851. The summed E-state index contributed by atoms with van der Waals surface area (Å²) in [5, 5.41) is 5.94. The molecule has 0 aromatic heterocycles. The van der Waals surface area contributed by atoms with Crippen LogP contribution < -0.4 is 10.6 Å². The van der Waals surface area contributed by atoms with E-state index in [9.17, 15) is 9.18 Å². The van der Waals surface area contributed by atoms with Crippen LogP contribution in [0.2, 0.25) is 0 Å². The van der Waals surface area contributed by atoms with Crippen molar-refractivity contribution in [2.45, 2.75) is 0 Å². The highest BCUT2D eigenvalue weighted by Gasteiger charge is 2.12. The van der Waals surface area contributed by atoms with Gasteiger partial charge in [-0.1, -0.05) is 34.1 Å². The lowest BCUT2D eigenvalue weighted by atomic mass is 10.2. The smallest absolute Gasteiger partial charge is 0.258 e. The van der Waals surface area contributed by atoms with E-state index in [0.29, 0.717) is 10.2 Å². The molecule has 0 aliphatic heterocycles. The minimum absolute atomic E-state index is 0.00383. The molecule has 3 aromatic carbocycles. The van der Waals surface area contributed by atoms with Crippen molar-refractivity contribution in [3.8, 4) is 0 Å². The van der Waals surface area contributed by atoms with Gasteiger partial charge in [-0.3, -0.25) is 4.79 Å². The summed E-state index contributed by atoms with van der Waals surface area (Å²) in [4.78, 5) is 12.2. The molecule has 0 spiro atoms. The number of rotatable bonds is 4. The van der Waals surface area contributed by atoms with E-state index in [1.165, 1.54) is 12.1 Å². The second kappa shape index (κ2) is 7.27. The van der Waals surface area contributed by atoms with E-state index in [-0.39, 0.29) is 5.56 Å². The van der Waals surface area contributed by atoms with E-state index < -0.39 is 11.7 Å². The summed E-state index contributed by atoms with van der Waals surface area (Å²) in [7, 11) is 0. The maximum Gasteiger partial charge on any atom is 0.258 e. The summed E-state index contributed by atoms with van der Waals surface area (Å²) < 4.78 is 14.4. The second-order valence-electron chi connectivity index (χ2n) is 5.15. The van der Waals surface area contributed by atoms with Gasteiger partial charge in [-0.15, -0.1) is 0 Å². The molecule has 0 heterocycles. The van der Waals surface area contributed by atoms with Gasteiger partial charge in [0.15, 0.2) is 0 Å². The van der Waals surface area contributed by atoms with Crippen molar-refractivity contribution in [3.63, 3.8) is 0 Å². The lowest BCUT2D eigenvalue weighted by Crippen LogP contribution is -2.13. The van der Waals surface area contributed by atoms with Crippen molar-refractivity contribution in [2.75, 3.05) is 10.6 Å². The molecule has 0 radical (unpaired) electrons. The van der Waals surface area contributed by atoms with Crippen LogP contribution in [0.4, 0.5) is 21.5 Å². The normalized spacial score (nSPS) is 10.2. The minimum Gasteiger partial charge on any atom is -0.356 e. The highest BCUT2D eigenvalue weighted by atomic mass is 79.9. The molecular formula is C19H14BrFN2O. The predicted molar refractivity (Wildman–Crippen MR) is 98.2 cm³/mol. The number of hydrogen-bond acceptors (Lipinski definition) is 2. The van der Waals surface area contributed by atoms with Gasteiger partial charge in [0.1, 0.15) is 5.82 Å². The predicted octanol–water partition coefficient (Wildman–Crippen LogP) is 5.58. The third-order valence-electron chi connectivity index (χ3n) is 3.38. The molecule has 0 atom stereocenters. The van der Waals surface area contributed by atoms with Crippen LogP contribution in [0.3, 0.4) is 0 Å². The first-order valence-electron chi connectivity index (χ1n) is 7.30. The molecular weight excluding hydrogens is 371 g/mol. The monoisotopic (exact) mass is 384 g/mol. The topological polar surface area (TPSA) is 41.1 Å². The van der Waals surface area contributed by atoms with E-state index in [1.807, 2.05) is 42.5 Å². The van der Waals surface area contributed by atoms with E-state index in [0.717, 1.165) is 11.4 Å². The summed E-state index contributed by atoms with van der Waals surface area (Å²) in [6.07, 6.45) is 0. The first-order valence-corrected chi connectivity index (χ1v) is 8.10. The molecule has 0 fully saturated rings. The van der Waals surface area contributed by atoms with E-state index in [4.69, 9.17) is 0 Å². The number of halogens is 2. The van der Waals surface area contributed by atoms with Crippen molar-refractivity contribution in [3.05, 3.63) is 88.6 Å². The SMILES string of the molecule is O=C(Nc1ccc(Nc2ccccc2)cc1)c1cc(Br)ccc1F. The first kappa shape index (κ1) is 16.2. The Balaban J connectivity index is 1.70. The van der Waals surface area contributed by atoms with Gasteiger partial charge >= 0.3 is 0 Å². The lowest BCUT2D eigenvalue weighted by molar-refractivity contribution is 0.102. The lowest BCUT2D eigenvalue weighted by Gasteiger charge is -2.09. The average Bonchev–Trinajstić information content (AvgIpc) is 2.59. The zero-order chi connectivity index (χ0) is 16.9. The largest absolute Gasteiger partial charge is 0.356 e. The molecule has 0 aliphatic rings. The van der Waals surface area contributed by atoms with Crippen molar-refractivity contribution < 1.29 is 9.18 Å². The van der Waals surface area contributed by atoms with Crippen LogP contribution in [0.15, 0.2) is 77.3 Å². The van der Waals surface area contributed by atoms with Crippen LogP contribution in [-0.4, -0.2) is 5.91 Å². The van der Waals surface area contributed by atoms with Gasteiger partial charge in [-0.2, -0.15) is 0 Å². The van der Waals surface area contributed by atoms with Crippen LogP contribution in [0.25, 0.3) is 0 Å². The number of benzene rings is 3. The fourth-order valence-corrected chi connectivity index (χ4v) is 2.56. The van der Waals surface area contributed by atoms with Crippen molar-refractivity contribution >= 4 is 38.9 Å². The molecule has 0 aliphatic carbocycles. The molecule has 3 aromatic rings. The molecule has 120 valence electrons. The van der Waals surface area contributed by atoms with Gasteiger partial charge in [0.05, 0.1) is 5.56 Å². The Kier molecular flexibility index (Phi) is 4.91. The molecule has 0 saturated carbocycles. The standard InChI is InChI=1S/C19H14BrFN2O/c20-13-6-11-18(21)17(12-13)19(24)23-16-9-7-15(8-10-16)22-14-4-2-1-3-5-14/h1-12,22H,(H,23,24). The third-order valence-corrected chi connectivity index (χ3v) is 3.87. The van der Waals surface area contributed by atoms with Crippen LogP contribution in [0.1, 0.15) is 10.4 Å². The maximum absolute atomic E-state index is 13.7. The number of hydrogen-bond donors (Lipinski definition) is 2. The Morgan fingerprint density at radius 3 is 2.17 bits per heavy atom. The molecule has 0 saturated heterocycles. The summed E-state index contributed by atoms with van der Waals surface area (Å²) in [6, 6.07) is 21.3. The second-order valence-corrected chi connectivity index (χ2v) is 6.06. The molecule has 5 heteroatoms. The number of carbonyl (C=O) groups is 1. The Morgan fingerprint density at radius 2 is 1.46 bits per heavy atom. The summed E-state index contributed by atoms with van der Waals surface area (Å²) >= 11 is 3.24. The minimum atomic E-state index is -0.557. The van der Waals surface area contributed by atoms with Gasteiger partial charge in [0.2, 0.25) is 0 Å². The molecule has 0 unspecified atom stereocenters. The highest BCUT2D eigenvalue weighted by molar-refractivity contribution is 9.10. The average molecular weight is 385 g/mol. The fourth-order valence-electron chi connectivity index (χ4n) is 2.19. The van der Waals surface area contributed by atoms with Crippen molar-refractivity contribution in [2.24, 2.45) is 0 Å². The highest BCUT2D eigenvalue weighted by Crippen LogP contribution is 2.20. The number of anilines is 3. The van der Waals surface area contributed by atoms with Gasteiger partial charge in [0, 0.05) is 21.5 Å². The van der Waals surface area contributed by atoms with E-state index in [1.54, 1.807) is 18.2 Å². The number of nitrogens with one attached hydrogen (secondary N) is 2. The Morgan fingerprint density at radius 1 is 0.833 bits per heavy atom. The van der Waals surface area contributed by atoms with E-state index in [2.05, 4.69) is 26.6 Å². The van der Waals surface area contributed by atoms with Crippen LogP contribution in [0, 0.1) is 5.82 Å². The van der Waals surface area contributed by atoms with Crippen LogP contribution in [0.5, 0.6) is 0 Å². The fraction of sp³-hybridized carbons (Fsp3) is 0. The quantitative estimate of drug-likeness (QED) is 0.615. The van der Waals surface area contributed by atoms with Gasteiger partial charge < -0.3 is 10.6 Å². The number of carbonyl (C=O) groups excluding carboxylic acids is 1. The molecule has 3 nitrogen and oxygen atoms in total. The van der Waals surface area contributed by atoms with Crippen molar-refractivity contribution in [1.82, 2.24) is 0 Å². The summed E-state index contributed by atoms with van der Waals surface area (Å²) in [5.74, 6) is -1.05. The zero-order valence-corrected chi connectivity index (χ0v) is 14.2.